The highest BCUT2D eigenvalue weighted by atomic mass is 28.3. The summed E-state index contributed by atoms with van der Waals surface area (Å²) in [6.07, 6.45) is -0.627. The minimum atomic E-state index is -4.91. The van der Waals surface area contributed by atoms with Crippen LogP contribution in [0.25, 0.3) is 0 Å². The molecular weight excluding hydrogens is 487 g/mol. The van der Waals surface area contributed by atoms with Gasteiger partial charge >= 0.3 is 6.18 Å². The lowest BCUT2D eigenvalue weighted by Crippen LogP contribution is -2.40. The SMILES string of the molecule is C[Si](C)(C)CCOCn1ncc(N2CCC[C@H]2COc2cncc(C(=O)[O-])n2)c(C(F)(F)F)c1=O. The van der Waals surface area contributed by atoms with E-state index in [0.717, 1.165) is 18.4 Å². The standard InChI is InChI=1S/C21H28F3N5O5Si/c1-35(2,3)8-7-33-13-29-19(30)18(21(22,23)24)16(10-26-29)28-6-4-5-14(28)12-34-17-11-25-9-15(27-17)20(31)32/h9-11,14H,4-8,12-13H2,1-3H3,(H,31,32)/p-1/t14-/m0/s1. The van der Waals surface area contributed by atoms with E-state index in [1.807, 2.05) is 0 Å². The molecule has 10 nitrogen and oxygen atoms in total. The molecule has 14 heteroatoms. The number of rotatable bonds is 10. The number of alkyl halides is 3. The van der Waals surface area contributed by atoms with Crippen LogP contribution in [-0.4, -0.2) is 59.6 Å². The summed E-state index contributed by atoms with van der Waals surface area (Å²) in [7, 11) is -1.40. The van der Waals surface area contributed by atoms with Gasteiger partial charge < -0.3 is 24.3 Å². The molecule has 1 saturated heterocycles. The Morgan fingerprint density at radius 2 is 2.00 bits per heavy atom. The Labute approximate surface area is 200 Å². The second-order valence-corrected chi connectivity index (χ2v) is 15.0. The third-order valence-electron chi connectivity index (χ3n) is 5.45. The lowest BCUT2D eigenvalue weighted by Gasteiger charge is -2.28. The summed E-state index contributed by atoms with van der Waals surface area (Å²) in [5.74, 6) is -1.63. The van der Waals surface area contributed by atoms with Crippen molar-refractivity contribution in [1.29, 1.82) is 0 Å². The summed E-state index contributed by atoms with van der Waals surface area (Å²) in [5, 5.41) is 14.9. The number of hydrogen-bond acceptors (Lipinski definition) is 9. The number of hydrogen-bond donors (Lipinski definition) is 0. The second kappa shape index (κ2) is 10.7. The van der Waals surface area contributed by atoms with Crippen LogP contribution in [0.5, 0.6) is 5.88 Å². The van der Waals surface area contributed by atoms with Crippen LogP contribution < -0.4 is 20.3 Å². The first-order valence-corrected chi connectivity index (χ1v) is 14.8. The van der Waals surface area contributed by atoms with E-state index in [2.05, 4.69) is 34.7 Å². The van der Waals surface area contributed by atoms with Crippen LogP contribution in [-0.2, 0) is 17.6 Å². The van der Waals surface area contributed by atoms with Gasteiger partial charge in [0.1, 0.15) is 24.6 Å². The van der Waals surface area contributed by atoms with Crippen molar-refractivity contribution in [2.24, 2.45) is 0 Å². The van der Waals surface area contributed by atoms with Crippen LogP contribution in [0.1, 0.15) is 28.9 Å². The third-order valence-corrected chi connectivity index (χ3v) is 7.15. The molecule has 0 radical (unpaired) electrons. The van der Waals surface area contributed by atoms with E-state index in [1.54, 1.807) is 0 Å². The molecule has 0 saturated carbocycles. The molecule has 0 spiro atoms. The number of carboxylic acids is 1. The fourth-order valence-electron chi connectivity index (χ4n) is 3.61. The van der Waals surface area contributed by atoms with Gasteiger partial charge in [0, 0.05) is 21.2 Å². The zero-order valence-electron chi connectivity index (χ0n) is 19.7. The average molecular weight is 515 g/mol. The average Bonchev–Trinajstić information content (AvgIpc) is 3.23. The molecule has 0 bridgehead atoms. The van der Waals surface area contributed by atoms with E-state index in [0.29, 0.717) is 24.1 Å². The summed E-state index contributed by atoms with van der Waals surface area (Å²) in [6, 6.07) is 0.284. The highest BCUT2D eigenvalue weighted by Crippen LogP contribution is 2.36. The number of carboxylic acid groups (broad SMARTS) is 1. The number of aromatic carboxylic acids is 1. The van der Waals surface area contributed by atoms with Crippen LogP contribution in [0.4, 0.5) is 18.9 Å². The van der Waals surface area contributed by atoms with Crippen molar-refractivity contribution >= 4 is 19.7 Å². The summed E-state index contributed by atoms with van der Waals surface area (Å²) in [6.45, 7) is 6.55. The molecule has 0 aromatic carbocycles. The number of halogens is 3. The van der Waals surface area contributed by atoms with Gasteiger partial charge in [-0.3, -0.25) is 9.78 Å². The first-order chi connectivity index (χ1) is 16.4. The number of nitrogens with zero attached hydrogens (tertiary/aromatic N) is 5. The molecule has 1 aliphatic rings. The van der Waals surface area contributed by atoms with Crippen molar-refractivity contribution in [2.45, 2.75) is 57.5 Å². The van der Waals surface area contributed by atoms with Crippen LogP contribution in [0.15, 0.2) is 23.4 Å². The molecule has 0 N–H and O–H groups in total. The number of anilines is 1. The van der Waals surface area contributed by atoms with Gasteiger partial charge in [0.05, 0.1) is 36.3 Å². The molecule has 2 aromatic rings. The third kappa shape index (κ3) is 7.00. The maximum absolute atomic E-state index is 14.0. The van der Waals surface area contributed by atoms with Crippen LogP contribution >= 0.6 is 0 Å². The minimum Gasteiger partial charge on any atom is -0.543 e. The zero-order valence-corrected chi connectivity index (χ0v) is 20.7. The molecule has 1 fully saturated rings. The number of carbonyl (C=O) groups excluding carboxylic acids is 1. The largest absolute Gasteiger partial charge is 0.543 e. The maximum atomic E-state index is 14.0. The Hall–Kier alpha value is -3.00. The molecular formula is C21H27F3N5O5Si-. The monoisotopic (exact) mass is 514 g/mol. The van der Waals surface area contributed by atoms with Crippen molar-refractivity contribution in [1.82, 2.24) is 19.7 Å². The topological polar surface area (TPSA) is 122 Å². The molecule has 0 unspecified atom stereocenters. The second-order valence-electron chi connectivity index (χ2n) is 9.39. The Morgan fingerprint density at radius 1 is 1.26 bits per heavy atom. The number of carbonyl (C=O) groups is 1. The molecule has 1 aliphatic heterocycles. The summed E-state index contributed by atoms with van der Waals surface area (Å²) >= 11 is 0. The van der Waals surface area contributed by atoms with Gasteiger partial charge in [0.2, 0.25) is 5.88 Å². The fraction of sp³-hybridized carbons (Fsp3) is 0.571. The van der Waals surface area contributed by atoms with Crippen LogP contribution in [0, 0.1) is 0 Å². The van der Waals surface area contributed by atoms with Crippen LogP contribution in [0.3, 0.4) is 0 Å². The normalized spacial score (nSPS) is 16.5. The molecule has 1 atom stereocenters. The lowest BCUT2D eigenvalue weighted by atomic mass is 10.2. The van der Waals surface area contributed by atoms with Gasteiger partial charge in [0.25, 0.3) is 5.56 Å². The predicted molar refractivity (Wildman–Crippen MR) is 120 cm³/mol. The van der Waals surface area contributed by atoms with Crippen molar-refractivity contribution < 1.29 is 32.5 Å². The van der Waals surface area contributed by atoms with Crippen molar-refractivity contribution in [3.63, 3.8) is 0 Å². The zero-order chi connectivity index (χ0) is 25.8. The molecule has 3 heterocycles. The summed E-state index contributed by atoms with van der Waals surface area (Å²) in [4.78, 5) is 32.6. The van der Waals surface area contributed by atoms with E-state index < -0.39 is 43.1 Å². The van der Waals surface area contributed by atoms with Gasteiger partial charge in [-0.15, -0.1) is 0 Å². The van der Waals surface area contributed by atoms with Gasteiger partial charge in [-0.2, -0.15) is 18.3 Å². The molecule has 3 rings (SSSR count). The van der Waals surface area contributed by atoms with Gasteiger partial charge in [-0.1, -0.05) is 19.6 Å². The quantitative estimate of drug-likeness (QED) is 0.345. The minimum absolute atomic E-state index is 0.0919. The van der Waals surface area contributed by atoms with Crippen molar-refractivity contribution in [3.8, 4) is 5.88 Å². The van der Waals surface area contributed by atoms with Gasteiger partial charge in [-0.05, 0) is 18.9 Å². The number of aromatic nitrogens is 4. The summed E-state index contributed by atoms with van der Waals surface area (Å²) < 4.78 is 53.5. The predicted octanol–water partition coefficient (Wildman–Crippen LogP) is 1.78. The van der Waals surface area contributed by atoms with E-state index in [-0.39, 0.29) is 31.4 Å². The number of ether oxygens (including phenoxy) is 2. The van der Waals surface area contributed by atoms with Gasteiger partial charge in [-0.25, -0.2) is 9.67 Å². The van der Waals surface area contributed by atoms with Crippen molar-refractivity contribution in [2.75, 3.05) is 24.7 Å². The Kier molecular flexibility index (Phi) is 8.15. The first-order valence-electron chi connectivity index (χ1n) is 11.0. The summed E-state index contributed by atoms with van der Waals surface area (Å²) in [5.41, 5.74) is -3.35. The van der Waals surface area contributed by atoms with E-state index in [9.17, 15) is 27.9 Å². The Balaban J connectivity index is 1.79. The van der Waals surface area contributed by atoms with Crippen molar-refractivity contribution in [3.05, 3.63) is 40.2 Å². The Bertz CT molecular complexity index is 1110. The van der Waals surface area contributed by atoms with E-state index in [1.165, 1.54) is 11.1 Å². The highest BCUT2D eigenvalue weighted by molar-refractivity contribution is 6.76. The van der Waals surface area contributed by atoms with E-state index >= 15 is 0 Å². The molecule has 0 aliphatic carbocycles. The maximum Gasteiger partial charge on any atom is 0.423 e. The molecule has 35 heavy (non-hydrogen) atoms. The van der Waals surface area contributed by atoms with E-state index in [4.69, 9.17) is 9.47 Å². The van der Waals surface area contributed by atoms with Crippen LogP contribution in [0.2, 0.25) is 25.7 Å². The fourth-order valence-corrected chi connectivity index (χ4v) is 4.37. The molecule has 2 aromatic heterocycles. The Morgan fingerprint density at radius 3 is 2.66 bits per heavy atom. The highest BCUT2D eigenvalue weighted by Gasteiger charge is 2.41. The molecule has 192 valence electrons. The lowest BCUT2D eigenvalue weighted by molar-refractivity contribution is -0.255. The smallest absolute Gasteiger partial charge is 0.423 e. The van der Waals surface area contributed by atoms with Gasteiger partial charge in [0.15, 0.2) is 0 Å². The first kappa shape index (κ1) is 26.6. The molecule has 0 amide bonds.